The Bertz CT molecular complexity index is 586. The summed E-state index contributed by atoms with van der Waals surface area (Å²) in [5, 5.41) is 29.1. The van der Waals surface area contributed by atoms with Gasteiger partial charge in [-0.1, -0.05) is 31.9 Å². The summed E-state index contributed by atoms with van der Waals surface area (Å²) in [5.74, 6) is 3.34. The fraction of sp³-hybridized carbons (Fsp3) is 0.920. The first-order valence-electron chi connectivity index (χ1n) is 12.0. The average Bonchev–Trinajstić information content (AvgIpc) is 2.99. The molecular weight excluding hydrogens is 348 g/mol. The second kappa shape index (κ2) is 8.04. The number of fused-ring (bicyclic) bond motifs is 5. The van der Waals surface area contributed by atoms with Crippen molar-refractivity contribution in [1.29, 1.82) is 0 Å². The van der Waals surface area contributed by atoms with Crippen molar-refractivity contribution < 1.29 is 15.3 Å². The Balaban J connectivity index is 1.43. The van der Waals surface area contributed by atoms with Crippen LogP contribution in [-0.2, 0) is 0 Å². The number of aliphatic hydroxyl groups excluding tert-OH is 3. The van der Waals surface area contributed by atoms with Crippen LogP contribution in [0.3, 0.4) is 0 Å². The number of allylic oxidation sites excluding steroid dienone is 1. The number of rotatable bonds is 6. The van der Waals surface area contributed by atoms with Crippen molar-refractivity contribution in [2.45, 2.75) is 103 Å². The lowest BCUT2D eigenvalue weighted by molar-refractivity contribution is -0.0511. The van der Waals surface area contributed by atoms with E-state index in [1.165, 1.54) is 44.9 Å². The molecule has 0 aromatic carbocycles. The first kappa shape index (κ1) is 20.9. The van der Waals surface area contributed by atoms with Crippen LogP contribution in [0.2, 0.25) is 0 Å². The zero-order valence-corrected chi connectivity index (χ0v) is 18.1. The molecule has 3 nitrogen and oxygen atoms in total. The molecule has 0 amide bonds. The van der Waals surface area contributed by atoms with Crippen LogP contribution < -0.4 is 0 Å². The Labute approximate surface area is 171 Å². The summed E-state index contributed by atoms with van der Waals surface area (Å²) < 4.78 is 0. The molecule has 4 rings (SSSR count). The summed E-state index contributed by atoms with van der Waals surface area (Å²) in [4.78, 5) is 0. The molecule has 3 heteroatoms. The maximum absolute atomic E-state index is 10.2. The second-order valence-corrected chi connectivity index (χ2v) is 11.1. The van der Waals surface area contributed by atoms with Crippen LogP contribution >= 0.6 is 0 Å². The first-order valence-corrected chi connectivity index (χ1v) is 12.0. The van der Waals surface area contributed by atoms with E-state index in [-0.39, 0.29) is 18.8 Å². The van der Waals surface area contributed by atoms with Gasteiger partial charge >= 0.3 is 0 Å². The average molecular weight is 391 g/mol. The Kier molecular flexibility index (Phi) is 5.99. The van der Waals surface area contributed by atoms with Crippen LogP contribution in [0.15, 0.2) is 11.6 Å². The lowest BCUT2D eigenvalue weighted by atomic mass is 9.47. The highest BCUT2D eigenvalue weighted by atomic mass is 16.3. The zero-order valence-electron chi connectivity index (χ0n) is 18.1. The molecule has 0 heterocycles. The molecule has 0 aromatic rings. The second-order valence-electron chi connectivity index (χ2n) is 11.1. The molecule has 0 aromatic heterocycles. The molecule has 3 saturated carbocycles. The molecule has 0 aliphatic heterocycles. The van der Waals surface area contributed by atoms with E-state index >= 15 is 0 Å². The van der Waals surface area contributed by atoms with E-state index in [0.29, 0.717) is 17.3 Å². The summed E-state index contributed by atoms with van der Waals surface area (Å²) >= 11 is 0. The van der Waals surface area contributed by atoms with Crippen molar-refractivity contribution in [3.05, 3.63) is 11.6 Å². The third-order valence-electron chi connectivity index (χ3n) is 9.83. The van der Waals surface area contributed by atoms with Crippen molar-refractivity contribution in [2.75, 3.05) is 6.61 Å². The summed E-state index contributed by atoms with van der Waals surface area (Å²) in [7, 11) is 0. The van der Waals surface area contributed by atoms with E-state index < -0.39 is 0 Å². The highest BCUT2D eigenvalue weighted by Crippen LogP contribution is 2.66. The minimum absolute atomic E-state index is 0.0960. The van der Waals surface area contributed by atoms with E-state index in [2.05, 4.69) is 19.9 Å². The SMILES string of the molecule is CC12CCC(O)CC1=CCC1C2CCC2(C)C(CCCC(O)CCO)CCC12. The predicted octanol–water partition coefficient (Wildman–Crippen LogP) is 4.84. The smallest absolute Gasteiger partial charge is 0.0577 e. The first-order chi connectivity index (χ1) is 13.4. The van der Waals surface area contributed by atoms with E-state index in [9.17, 15) is 10.2 Å². The Morgan fingerprint density at radius 1 is 1.07 bits per heavy atom. The van der Waals surface area contributed by atoms with Crippen molar-refractivity contribution in [3.8, 4) is 0 Å². The molecule has 160 valence electrons. The van der Waals surface area contributed by atoms with Crippen LogP contribution in [-0.4, -0.2) is 34.1 Å². The summed E-state index contributed by atoms with van der Waals surface area (Å²) in [6, 6.07) is 0. The molecule has 0 bridgehead atoms. The van der Waals surface area contributed by atoms with Crippen molar-refractivity contribution in [2.24, 2.45) is 34.5 Å². The summed E-state index contributed by atoms with van der Waals surface area (Å²) in [6.45, 7) is 5.19. The number of hydrogen-bond acceptors (Lipinski definition) is 3. The lowest BCUT2D eigenvalue weighted by Crippen LogP contribution is -2.50. The van der Waals surface area contributed by atoms with Crippen LogP contribution in [0.1, 0.15) is 90.9 Å². The standard InChI is InChI=1S/C25H42O3/c1-24-14-11-23-21(8-6-18-16-20(28)10-13-25(18,23)2)22(24)9-7-17(24)4-3-5-19(27)12-15-26/h6,17,19-23,26-28H,3-5,7-16H2,1-2H3. The van der Waals surface area contributed by atoms with Crippen molar-refractivity contribution in [1.82, 2.24) is 0 Å². The molecule has 8 unspecified atom stereocenters. The minimum Gasteiger partial charge on any atom is -0.396 e. The van der Waals surface area contributed by atoms with Gasteiger partial charge in [0.15, 0.2) is 0 Å². The normalized spacial score (nSPS) is 46.3. The maximum Gasteiger partial charge on any atom is 0.0577 e. The van der Waals surface area contributed by atoms with Crippen LogP contribution in [0.5, 0.6) is 0 Å². The van der Waals surface area contributed by atoms with E-state index in [4.69, 9.17) is 5.11 Å². The largest absolute Gasteiger partial charge is 0.396 e. The van der Waals surface area contributed by atoms with Gasteiger partial charge in [-0.3, -0.25) is 0 Å². The van der Waals surface area contributed by atoms with E-state index in [0.717, 1.165) is 49.4 Å². The van der Waals surface area contributed by atoms with Gasteiger partial charge < -0.3 is 15.3 Å². The molecule has 0 radical (unpaired) electrons. The van der Waals surface area contributed by atoms with Gasteiger partial charge in [-0.05, 0) is 105 Å². The Morgan fingerprint density at radius 2 is 1.89 bits per heavy atom. The van der Waals surface area contributed by atoms with Crippen molar-refractivity contribution >= 4 is 0 Å². The third kappa shape index (κ3) is 3.50. The van der Waals surface area contributed by atoms with Gasteiger partial charge in [0.2, 0.25) is 0 Å². The van der Waals surface area contributed by atoms with Gasteiger partial charge in [-0.25, -0.2) is 0 Å². The van der Waals surface area contributed by atoms with E-state index in [1.54, 1.807) is 5.57 Å². The van der Waals surface area contributed by atoms with Gasteiger partial charge in [-0.2, -0.15) is 0 Å². The molecule has 4 aliphatic carbocycles. The molecule has 8 atom stereocenters. The minimum atomic E-state index is -0.325. The van der Waals surface area contributed by atoms with Crippen LogP contribution in [0.4, 0.5) is 0 Å². The third-order valence-corrected chi connectivity index (χ3v) is 9.83. The summed E-state index contributed by atoms with van der Waals surface area (Å²) in [5.41, 5.74) is 2.40. The highest BCUT2D eigenvalue weighted by Gasteiger charge is 2.58. The molecule has 4 aliphatic rings. The predicted molar refractivity (Wildman–Crippen MR) is 113 cm³/mol. The molecule has 28 heavy (non-hydrogen) atoms. The van der Waals surface area contributed by atoms with Crippen LogP contribution in [0, 0.1) is 34.5 Å². The Hall–Kier alpha value is -0.380. The quantitative estimate of drug-likeness (QED) is 0.569. The highest BCUT2D eigenvalue weighted by molar-refractivity contribution is 5.25. The zero-order chi connectivity index (χ0) is 19.9. The van der Waals surface area contributed by atoms with E-state index in [1.807, 2.05) is 0 Å². The van der Waals surface area contributed by atoms with Gasteiger partial charge in [0.25, 0.3) is 0 Å². The molecule has 3 N–H and O–H groups in total. The van der Waals surface area contributed by atoms with Gasteiger partial charge in [-0.15, -0.1) is 0 Å². The lowest BCUT2D eigenvalue weighted by Gasteiger charge is -2.58. The Morgan fingerprint density at radius 3 is 2.68 bits per heavy atom. The van der Waals surface area contributed by atoms with Gasteiger partial charge in [0.05, 0.1) is 12.2 Å². The molecule has 0 spiro atoms. The summed E-state index contributed by atoms with van der Waals surface area (Å²) in [6.07, 6.45) is 15.6. The molecular formula is C25H42O3. The monoisotopic (exact) mass is 390 g/mol. The maximum atomic E-state index is 10.2. The van der Waals surface area contributed by atoms with Crippen molar-refractivity contribution in [3.63, 3.8) is 0 Å². The number of aliphatic hydroxyl groups is 3. The van der Waals surface area contributed by atoms with Gasteiger partial charge in [0.1, 0.15) is 0 Å². The number of hydrogen-bond donors (Lipinski definition) is 3. The molecule has 0 saturated heterocycles. The fourth-order valence-corrected chi connectivity index (χ4v) is 8.12. The topological polar surface area (TPSA) is 60.7 Å². The fourth-order valence-electron chi connectivity index (χ4n) is 8.12. The molecule has 3 fully saturated rings. The van der Waals surface area contributed by atoms with Gasteiger partial charge in [0, 0.05) is 6.61 Å². The van der Waals surface area contributed by atoms with Crippen LogP contribution in [0.25, 0.3) is 0 Å².